The Morgan fingerprint density at radius 1 is 1.09 bits per heavy atom. The van der Waals surface area contributed by atoms with Gasteiger partial charge < -0.3 is 10.3 Å². The number of hydrogen-bond donors (Lipinski definition) is 2. The Morgan fingerprint density at radius 2 is 1.83 bits per heavy atom. The third-order valence-electron chi connectivity index (χ3n) is 4.28. The van der Waals surface area contributed by atoms with Crippen LogP contribution in [0, 0.1) is 0 Å². The molecule has 0 spiro atoms. The quantitative estimate of drug-likeness (QED) is 0.729. The number of benzene rings is 1. The second-order valence-corrected chi connectivity index (χ2v) is 6.47. The van der Waals surface area contributed by atoms with Gasteiger partial charge in [-0.15, -0.1) is 0 Å². The van der Waals surface area contributed by atoms with Crippen LogP contribution in [0.5, 0.6) is 0 Å². The summed E-state index contributed by atoms with van der Waals surface area (Å²) >= 11 is 0. The minimum atomic E-state index is 0.537. The van der Waals surface area contributed by atoms with Crippen LogP contribution in [0.1, 0.15) is 27.7 Å². The van der Waals surface area contributed by atoms with Crippen molar-refractivity contribution in [3.05, 3.63) is 30.6 Å². The molecule has 0 aliphatic rings. The van der Waals surface area contributed by atoms with Crippen molar-refractivity contribution < 1.29 is 0 Å². The van der Waals surface area contributed by atoms with Crippen LogP contribution in [-0.2, 0) is 0 Å². The van der Waals surface area contributed by atoms with Gasteiger partial charge in [0.1, 0.15) is 17.4 Å². The SMILES string of the molecule is CC(C)N(CCNc1ncnc2c1[nH]c1ccccc12)C(C)C. The van der Waals surface area contributed by atoms with Gasteiger partial charge in [-0.1, -0.05) is 18.2 Å². The molecule has 23 heavy (non-hydrogen) atoms. The third-order valence-corrected chi connectivity index (χ3v) is 4.28. The lowest BCUT2D eigenvalue weighted by molar-refractivity contribution is 0.182. The van der Waals surface area contributed by atoms with Crippen molar-refractivity contribution in [1.29, 1.82) is 0 Å². The minimum Gasteiger partial charge on any atom is -0.367 e. The van der Waals surface area contributed by atoms with Crippen molar-refractivity contribution >= 4 is 27.8 Å². The fourth-order valence-electron chi connectivity index (χ4n) is 3.19. The molecule has 1 aromatic carbocycles. The summed E-state index contributed by atoms with van der Waals surface area (Å²) in [6.45, 7) is 10.8. The number of rotatable bonds is 6. The lowest BCUT2D eigenvalue weighted by atomic mass is 10.2. The first kappa shape index (κ1) is 15.7. The molecule has 0 amide bonds. The van der Waals surface area contributed by atoms with Crippen LogP contribution in [-0.4, -0.2) is 45.0 Å². The van der Waals surface area contributed by atoms with E-state index < -0.39 is 0 Å². The molecule has 0 unspecified atom stereocenters. The number of H-pyrrole nitrogens is 1. The van der Waals surface area contributed by atoms with Crippen molar-refractivity contribution in [3.8, 4) is 0 Å². The second kappa shape index (κ2) is 6.54. The average Bonchev–Trinajstić information content (AvgIpc) is 2.90. The van der Waals surface area contributed by atoms with Crippen molar-refractivity contribution in [2.24, 2.45) is 0 Å². The number of hydrogen-bond acceptors (Lipinski definition) is 4. The lowest BCUT2D eigenvalue weighted by Gasteiger charge is -2.30. The van der Waals surface area contributed by atoms with E-state index in [1.807, 2.05) is 12.1 Å². The van der Waals surface area contributed by atoms with Gasteiger partial charge in [-0.3, -0.25) is 4.90 Å². The average molecular weight is 311 g/mol. The number of aromatic amines is 1. The third kappa shape index (κ3) is 3.15. The Kier molecular flexibility index (Phi) is 4.48. The van der Waals surface area contributed by atoms with Crippen molar-refractivity contribution in [2.45, 2.75) is 39.8 Å². The van der Waals surface area contributed by atoms with Gasteiger partial charge in [-0.25, -0.2) is 9.97 Å². The van der Waals surface area contributed by atoms with Gasteiger partial charge in [0.25, 0.3) is 0 Å². The number of fused-ring (bicyclic) bond motifs is 3. The number of nitrogens with zero attached hydrogens (tertiary/aromatic N) is 3. The van der Waals surface area contributed by atoms with E-state index in [0.29, 0.717) is 12.1 Å². The van der Waals surface area contributed by atoms with E-state index in [-0.39, 0.29) is 0 Å². The molecule has 5 nitrogen and oxygen atoms in total. The van der Waals surface area contributed by atoms with Crippen LogP contribution in [0.4, 0.5) is 5.82 Å². The minimum absolute atomic E-state index is 0.537. The molecule has 0 fully saturated rings. The fraction of sp³-hybridized carbons (Fsp3) is 0.444. The molecule has 2 heterocycles. The molecule has 0 aliphatic carbocycles. The van der Waals surface area contributed by atoms with Gasteiger partial charge in [0.05, 0.1) is 0 Å². The summed E-state index contributed by atoms with van der Waals surface area (Å²) in [5, 5.41) is 4.60. The lowest BCUT2D eigenvalue weighted by Crippen LogP contribution is -2.40. The van der Waals surface area contributed by atoms with E-state index in [1.54, 1.807) is 6.33 Å². The molecule has 2 N–H and O–H groups in total. The van der Waals surface area contributed by atoms with Crippen LogP contribution < -0.4 is 5.32 Å². The number of nitrogens with one attached hydrogen (secondary N) is 2. The zero-order valence-electron chi connectivity index (χ0n) is 14.3. The van der Waals surface area contributed by atoms with Crippen LogP contribution in [0.15, 0.2) is 30.6 Å². The smallest absolute Gasteiger partial charge is 0.153 e. The fourth-order valence-corrected chi connectivity index (χ4v) is 3.19. The predicted molar refractivity (Wildman–Crippen MR) is 96.9 cm³/mol. The number of anilines is 1. The zero-order valence-corrected chi connectivity index (χ0v) is 14.3. The van der Waals surface area contributed by atoms with Crippen LogP contribution >= 0.6 is 0 Å². The Hall–Kier alpha value is -2.14. The highest BCUT2D eigenvalue weighted by atomic mass is 15.2. The largest absolute Gasteiger partial charge is 0.367 e. The van der Waals surface area contributed by atoms with Gasteiger partial charge in [-0.2, -0.15) is 0 Å². The van der Waals surface area contributed by atoms with Gasteiger partial charge >= 0.3 is 0 Å². The molecule has 0 saturated carbocycles. The maximum atomic E-state index is 4.44. The summed E-state index contributed by atoms with van der Waals surface area (Å²) in [4.78, 5) is 14.8. The first-order chi connectivity index (χ1) is 11.1. The monoisotopic (exact) mass is 311 g/mol. The highest BCUT2D eigenvalue weighted by molar-refractivity contribution is 6.07. The maximum Gasteiger partial charge on any atom is 0.153 e. The van der Waals surface area contributed by atoms with Gasteiger partial charge in [0.2, 0.25) is 0 Å². The highest BCUT2D eigenvalue weighted by Crippen LogP contribution is 2.26. The molecule has 2 aromatic heterocycles. The summed E-state index contributed by atoms with van der Waals surface area (Å²) in [7, 11) is 0. The summed E-state index contributed by atoms with van der Waals surface area (Å²) in [6.07, 6.45) is 1.63. The molecule has 0 saturated heterocycles. The molecule has 5 heteroatoms. The van der Waals surface area contributed by atoms with Gasteiger partial charge in [0, 0.05) is 36.1 Å². The Labute approximate surface area is 137 Å². The van der Waals surface area contributed by atoms with Gasteiger partial charge in [0.15, 0.2) is 5.82 Å². The Morgan fingerprint density at radius 3 is 2.57 bits per heavy atom. The summed E-state index contributed by atoms with van der Waals surface area (Å²) in [6, 6.07) is 9.30. The topological polar surface area (TPSA) is 56.8 Å². The maximum absolute atomic E-state index is 4.44. The number of aromatic nitrogens is 3. The normalized spacial score (nSPS) is 12.1. The molecule has 0 radical (unpaired) electrons. The second-order valence-electron chi connectivity index (χ2n) is 6.47. The molecule has 0 aliphatic heterocycles. The molecule has 0 bridgehead atoms. The molecule has 122 valence electrons. The summed E-state index contributed by atoms with van der Waals surface area (Å²) in [5.41, 5.74) is 3.05. The standard InChI is InChI=1S/C18H25N5/c1-12(2)23(13(3)4)10-9-19-18-17-16(20-11-21-18)14-7-5-6-8-15(14)22-17/h5-8,11-13,22H,9-10H2,1-4H3,(H,19,20,21). The molecular weight excluding hydrogens is 286 g/mol. The van der Waals surface area contributed by atoms with Crippen LogP contribution in [0.25, 0.3) is 21.9 Å². The number of para-hydroxylation sites is 1. The first-order valence-corrected chi connectivity index (χ1v) is 8.29. The van der Waals surface area contributed by atoms with Gasteiger partial charge in [-0.05, 0) is 33.8 Å². The van der Waals surface area contributed by atoms with Crippen molar-refractivity contribution in [1.82, 2.24) is 19.9 Å². The van der Waals surface area contributed by atoms with E-state index in [4.69, 9.17) is 0 Å². The van der Waals surface area contributed by atoms with E-state index in [1.165, 1.54) is 0 Å². The summed E-state index contributed by atoms with van der Waals surface area (Å²) in [5.74, 6) is 0.874. The van der Waals surface area contributed by atoms with E-state index >= 15 is 0 Å². The van der Waals surface area contributed by atoms with E-state index in [9.17, 15) is 0 Å². The van der Waals surface area contributed by atoms with Crippen molar-refractivity contribution in [2.75, 3.05) is 18.4 Å². The summed E-state index contributed by atoms with van der Waals surface area (Å²) < 4.78 is 0. The Bertz CT molecular complexity index is 782. The highest BCUT2D eigenvalue weighted by Gasteiger charge is 2.14. The van der Waals surface area contributed by atoms with E-state index in [2.05, 4.69) is 65.0 Å². The molecular formula is C18H25N5. The molecule has 3 rings (SSSR count). The predicted octanol–water partition coefficient (Wildman–Crippen LogP) is 3.64. The Balaban J connectivity index is 1.81. The van der Waals surface area contributed by atoms with E-state index in [0.717, 1.165) is 40.8 Å². The molecule has 3 aromatic rings. The van der Waals surface area contributed by atoms with Crippen LogP contribution in [0.3, 0.4) is 0 Å². The van der Waals surface area contributed by atoms with Crippen LogP contribution in [0.2, 0.25) is 0 Å². The zero-order chi connectivity index (χ0) is 16.4. The van der Waals surface area contributed by atoms with Crippen molar-refractivity contribution in [3.63, 3.8) is 0 Å². The molecule has 0 atom stereocenters. The first-order valence-electron chi connectivity index (χ1n) is 8.29.